The molecule has 1 aliphatic rings. The maximum absolute atomic E-state index is 12.5. The summed E-state index contributed by atoms with van der Waals surface area (Å²) in [6.07, 6.45) is -6.01. The summed E-state index contributed by atoms with van der Waals surface area (Å²) in [5.41, 5.74) is -0.972. The van der Waals surface area contributed by atoms with Crippen LogP contribution < -0.4 is 0 Å². The van der Waals surface area contributed by atoms with Crippen LogP contribution >= 0.6 is 0 Å². The molecular formula is C8H12F3NO4S. The lowest BCUT2D eigenvalue weighted by Crippen LogP contribution is -2.47. The summed E-state index contributed by atoms with van der Waals surface area (Å²) >= 11 is -2.46. The van der Waals surface area contributed by atoms with Gasteiger partial charge in [0.05, 0.1) is 6.61 Å². The van der Waals surface area contributed by atoms with Gasteiger partial charge in [-0.1, -0.05) is 0 Å². The lowest BCUT2D eigenvalue weighted by atomic mass is 10.2. The highest BCUT2D eigenvalue weighted by molar-refractivity contribution is 7.78. The first-order valence-corrected chi connectivity index (χ1v) is 5.69. The van der Waals surface area contributed by atoms with Crippen LogP contribution in [0.1, 0.15) is 20.8 Å². The topological polar surface area (TPSA) is 55.8 Å². The van der Waals surface area contributed by atoms with Gasteiger partial charge in [-0.3, -0.25) is 4.18 Å². The smallest absolute Gasteiger partial charge is 0.424 e. The second-order valence-corrected chi connectivity index (χ2v) is 5.43. The van der Waals surface area contributed by atoms with Crippen molar-refractivity contribution in [3.63, 3.8) is 0 Å². The Labute approximate surface area is 98.7 Å². The van der Waals surface area contributed by atoms with Gasteiger partial charge < -0.3 is 4.74 Å². The number of hydrogen-bond acceptors (Lipinski definition) is 4. The third-order valence-corrected chi connectivity index (χ3v) is 2.78. The summed E-state index contributed by atoms with van der Waals surface area (Å²) in [7, 11) is 0. The van der Waals surface area contributed by atoms with Gasteiger partial charge in [-0.05, 0) is 20.8 Å². The Morgan fingerprint density at radius 3 is 2.35 bits per heavy atom. The van der Waals surface area contributed by atoms with E-state index in [0.29, 0.717) is 0 Å². The molecule has 1 amide bonds. The van der Waals surface area contributed by atoms with E-state index >= 15 is 0 Å². The molecule has 100 valence electrons. The van der Waals surface area contributed by atoms with Crippen LogP contribution in [0.4, 0.5) is 18.0 Å². The van der Waals surface area contributed by atoms with Crippen LogP contribution in [0, 0.1) is 0 Å². The molecule has 9 heteroatoms. The molecule has 0 aliphatic carbocycles. The largest absolute Gasteiger partial charge is 0.443 e. The molecule has 2 atom stereocenters. The van der Waals surface area contributed by atoms with Gasteiger partial charge in [-0.25, -0.2) is 9.00 Å². The first-order valence-electron chi connectivity index (χ1n) is 4.66. The zero-order chi connectivity index (χ0) is 13.4. The van der Waals surface area contributed by atoms with E-state index in [-0.39, 0.29) is 4.31 Å². The second kappa shape index (κ2) is 4.45. The number of alkyl halides is 3. The molecule has 1 heterocycles. The Balaban J connectivity index is 2.86. The number of carbonyl (C=O) groups is 1. The summed E-state index contributed by atoms with van der Waals surface area (Å²) in [6, 6.07) is -2.24. The van der Waals surface area contributed by atoms with Crippen molar-refractivity contribution in [2.24, 2.45) is 0 Å². The molecule has 0 aromatic carbocycles. The van der Waals surface area contributed by atoms with Gasteiger partial charge >= 0.3 is 12.3 Å². The van der Waals surface area contributed by atoms with Gasteiger partial charge in [0.25, 0.3) is 11.3 Å². The van der Waals surface area contributed by atoms with Crippen molar-refractivity contribution >= 4 is 17.4 Å². The molecule has 0 aromatic heterocycles. The van der Waals surface area contributed by atoms with Crippen LogP contribution in [0.15, 0.2) is 0 Å². The molecule has 1 fully saturated rings. The minimum atomic E-state index is -4.71. The SMILES string of the molecule is CC(C)(C)OC(=O)N1[C@H](C(F)(F)F)COS1=O. The highest BCUT2D eigenvalue weighted by Crippen LogP contribution is 2.31. The van der Waals surface area contributed by atoms with Crippen molar-refractivity contribution in [1.29, 1.82) is 0 Å². The lowest BCUT2D eigenvalue weighted by molar-refractivity contribution is -0.168. The summed E-state index contributed by atoms with van der Waals surface area (Å²) in [6.45, 7) is 3.63. The molecule has 0 bridgehead atoms. The van der Waals surface area contributed by atoms with E-state index in [1.165, 1.54) is 20.8 Å². The highest BCUT2D eigenvalue weighted by atomic mass is 32.2. The van der Waals surface area contributed by atoms with Crippen LogP contribution in [0.5, 0.6) is 0 Å². The molecule has 0 spiro atoms. The maximum Gasteiger partial charge on any atom is 0.424 e. The van der Waals surface area contributed by atoms with E-state index in [9.17, 15) is 22.2 Å². The Hall–Kier alpha value is -0.830. The Kier molecular flexibility index (Phi) is 3.72. The predicted molar refractivity (Wildman–Crippen MR) is 52.0 cm³/mol. The van der Waals surface area contributed by atoms with E-state index in [2.05, 4.69) is 4.18 Å². The van der Waals surface area contributed by atoms with Crippen molar-refractivity contribution in [3.8, 4) is 0 Å². The average molecular weight is 275 g/mol. The Morgan fingerprint density at radius 2 is 1.94 bits per heavy atom. The second-order valence-electron chi connectivity index (χ2n) is 4.37. The van der Waals surface area contributed by atoms with Crippen LogP contribution in [-0.4, -0.2) is 39.0 Å². The highest BCUT2D eigenvalue weighted by Gasteiger charge is 2.53. The summed E-state index contributed by atoms with van der Waals surface area (Å²) < 4.78 is 57.8. The monoisotopic (exact) mass is 275 g/mol. The number of ether oxygens (including phenoxy) is 1. The van der Waals surface area contributed by atoms with Crippen molar-refractivity contribution in [3.05, 3.63) is 0 Å². The summed E-state index contributed by atoms with van der Waals surface area (Å²) in [5, 5.41) is 0. The van der Waals surface area contributed by atoms with Crippen LogP contribution in [0.2, 0.25) is 0 Å². The molecule has 0 radical (unpaired) electrons. The normalized spacial score (nSPS) is 26.1. The van der Waals surface area contributed by atoms with Crippen molar-refractivity contribution < 1.29 is 31.1 Å². The van der Waals surface area contributed by atoms with E-state index in [0.717, 1.165) is 0 Å². The quantitative estimate of drug-likeness (QED) is 0.676. The first kappa shape index (κ1) is 14.2. The number of carbonyl (C=O) groups excluding carboxylic acids is 1. The van der Waals surface area contributed by atoms with Crippen molar-refractivity contribution in [2.75, 3.05) is 6.61 Å². The zero-order valence-corrected chi connectivity index (χ0v) is 10.2. The van der Waals surface area contributed by atoms with Crippen molar-refractivity contribution in [2.45, 2.75) is 38.6 Å². The van der Waals surface area contributed by atoms with Gasteiger partial charge in [0.15, 0.2) is 6.04 Å². The number of hydrogen-bond donors (Lipinski definition) is 0. The Bertz CT molecular complexity index is 339. The molecular weight excluding hydrogens is 263 g/mol. The minimum absolute atomic E-state index is 0.0608. The fraction of sp³-hybridized carbons (Fsp3) is 0.875. The van der Waals surface area contributed by atoms with E-state index in [1.807, 2.05) is 0 Å². The molecule has 1 unspecified atom stereocenters. The number of halogens is 3. The summed E-state index contributed by atoms with van der Waals surface area (Å²) in [4.78, 5) is 11.5. The fourth-order valence-electron chi connectivity index (χ4n) is 1.07. The number of amides is 1. The van der Waals surface area contributed by atoms with Gasteiger partial charge in [0, 0.05) is 0 Å². The molecule has 17 heavy (non-hydrogen) atoms. The molecule has 0 N–H and O–H groups in total. The average Bonchev–Trinajstić information content (AvgIpc) is 2.42. The predicted octanol–water partition coefficient (Wildman–Crippen LogP) is 1.76. The molecule has 0 saturated carbocycles. The van der Waals surface area contributed by atoms with Crippen LogP contribution in [0.3, 0.4) is 0 Å². The third kappa shape index (κ3) is 3.56. The van der Waals surface area contributed by atoms with Gasteiger partial charge in [-0.2, -0.15) is 17.5 Å². The molecule has 1 aliphatic heterocycles. The summed E-state index contributed by atoms with van der Waals surface area (Å²) in [5.74, 6) is 0. The number of nitrogens with zero attached hydrogens (tertiary/aromatic N) is 1. The van der Waals surface area contributed by atoms with Gasteiger partial charge in [0.1, 0.15) is 5.60 Å². The van der Waals surface area contributed by atoms with Crippen molar-refractivity contribution in [1.82, 2.24) is 4.31 Å². The standard InChI is InChI=1S/C8H12F3NO4S/c1-7(2,3)16-6(13)12-5(8(9,10)11)4-15-17(12)14/h5H,4H2,1-3H3/t5-,17?/m0/s1. The Morgan fingerprint density at radius 1 is 1.41 bits per heavy atom. The van der Waals surface area contributed by atoms with Gasteiger partial charge in [0.2, 0.25) is 0 Å². The van der Waals surface area contributed by atoms with Gasteiger partial charge in [-0.15, -0.1) is 0 Å². The van der Waals surface area contributed by atoms with Crippen LogP contribution in [0.25, 0.3) is 0 Å². The number of rotatable bonds is 0. The molecule has 1 saturated heterocycles. The van der Waals surface area contributed by atoms with E-state index < -0.39 is 41.8 Å². The van der Waals surface area contributed by atoms with E-state index in [4.69, 9.17) is 4.74 Å². The van der Waals surface area contributed by atoms with E-state index in [1.54, 1.807) is 0 Å². The minimum Gasteiger partial charge on any atom is -0.443 e. The van der Waals surface area contributed by atoms with Crippen LogP contribution in [-0.2, 0) is 20.2 Å². The first-order chi connectivity index (χ1) is 7.52. The zero-order valence-electron chi connectivity index (χ0n) is 9.41. The molecule has 1 rings (SSSR count). The molecule has 5 nitrogen and oxygen atoms in total. The lowest BCUT2D eigenvalue weighted by Gasteiger charge is -2.26. The maximum atomic E-state index is 12.5. The fourth-order valence-corrected chi connectivity index (χ4v) is 1.98. The molecule has 0 aromatic rings. The third-order valence-electron chi connectivity index (χ3n) is 1.72.